The van der Waals surface area contributed by atoms with Crippen molar-refractivity contribution in [2.75, 3.05) is 0 Å². The highest BCUT2D eigenvalue weighted by Crippen LogP contribution is 2.29. The number of benzene rings is 2. The Labute approximate surface area is 183 Å². The summed E-state index contributed by atoms with van der Waals surface area (Å²) in [6, 6.07) is 10.7. The van der Waals surface area contributed by atoms with E-state index in [0.717, 1.165) is 23.3 Å². The molecule has 0 saturated carbocycles. The van der Waals surface area contributed by atoms with E-state index in [1.165, 1.54) is 6.20 Å². The van der Waals surface area contributed by atoms with Crippen LogP contribution in [0.15, 0.2) is 54.9 Å². The van der Waals surface area contributed by atoms with Crippen molar-refractivity contribution in [3.8, 4) is 22.5 Å². The Hall–Kier alpha value is -4.80. The summed E-state index contributed by atoms with van der Waals surface area (Å²) < 4.78 is 29.1. The number of hydrogen-bond donors (Lipinski definition) is 3. The van der Waals surface area contributed by atoms with Crippen molar-refractivity contribution in [1.82, 2.24) is 30.6 Å². The maximum Gasteiger partial charge on any atom is 0.251 e. The Morgan fingerprint density at radius 1 is 0.939 bits per heavy atom. The van der Waals surface area contributed by atoms with Crippen LogP contribution in [-0.4, -0.2) is 42.3 Å². The number of tetrazole rings is 1. The largest absolute Gasteiger partial charge is 0.366 e. The highest BCUT2D eigenvalue weighted by Gasteiger charge is 2.26. The van der Waals surface area contributed by atoms with E-state index in [4.69, 9.17) is 5.73 Å². The number of pyridine rings is 1. The molecule has 0 unspecified atom stereocenters. The van der Waals surface area contributed by atoms with Gasteiger partial charge in [-0.2, -0.15) is 5.21 Å². The summed E-state index contributed by atoms with van der Waals surface area (Å²) in [7, 11) is 0. The number of rotatable bonds is 5. The number of carbonyl (C=O) groups is 2. The van der Waals surface area contributed by atoms with Crippen LogP contribution in [0.25, 0.3) is 33.5 Å². The Morgan fingerprint density at radius 3 is 2.39 bits per heavy atom. The molecule has 0 bridgehead atoms. The van der Waals surface area contributed by atoms with E-state index in [0.29, 0.717) is 22.4 Å². The SMILES string of the molecule is NC(=O)c1ccc(F)c(C(=O)c2c[nH]c3ncc(-c4ccc(-c5nn[nH]n5)cc4)cc23)c1F. The van der Waals surface area contributed by atoms with Gasteiger partial charge in [0, 0.05) is 34.5 Å². The summed E-state index contributed by atoms with van der Waals surface area (Å²) in [5.41, 5.74) is 6.26. The molecule has 5 aromatic rings. The molecule has 3 aromatic heterocycles. The number of amides is 1. The van der Waals surface area contributed by atoms with E-state index in [1.807, 2.05) is 12.1 Å². The molecular formula is C22H13F2N7O2. The van der Waals surface area contributed by atoms with E-state index < -0.39 is 34.5 Å². The van der Waals surface area contributed by atoms with Crippen molar-refractivity contribution in [3.05, 3.63) is 83.2 Å². The van der Waals surface area contributed by atoms with Gasteiger partial charge in [-0.05, 0) is 29.0 Å². The first-order valence-electron chi connectivity index (χ1n) is 9.58. The Balaban J connectivity index is 1.57. The number of halogens is 2. The van der Waals surface area contributed by atoms with E-state index in [-0.39, 0.29) is 5.56 Å². The molecule has 0 atom stereocenters. The molecule has 0 saturated heterocycles. The minimum Gasteiger partial charge on any atom is -0.366 e. The van der Waals surface area contributed by atoms with Crippen LogP contribution in [0.3, 0.4) is 0 Å². The first-order valence-corrected chi connectivity index (χ1v) is 9.58. The smallest absolute Gasteiger partial charge is 0.251 e. The maximum atomic E-state index is 14.7. The van der Waals surface area contributed by atoms with E-state index in [9.17, 15) is 18.4 Å². The molecule has 5 rings (SSSR count). The second kappa shape index (κ2) is 7.71. The number of nitrogens with two attached hydrogens (primary N) is 1. The molecule has 0 radical (unpaired) electrons. The quantitative estimate of drug-likeness (QED) is 0.355. The lowest BCUT2D eigenvalue weighted by molar-refractivity contribution is 0.0996. The molecule has 0 fully saturated rings. The van der Waals surface area contributed by atoms with Crippen molar-refractivity contribution < 1.29 is 18.4 Å². The average molecular weight is 445 g/mol. The van der Waals surface area contributed by atoms with Crippen LogP contribution in [0.2, 0.25) is 0 Å². The lowest BCUT2D eigenvalue weighted by atomic mass is 9.98. The molecular weight excluding hydrogens is 432 g/mol. The molecule has 33 heavy (non-hydrogen) atoms. The molecule has 0 aliphatic heterocycles. The van der Waals surface area contributed by atoms with Crippen molar-refractivity contribution in [3.63, 3.8) is 0 Å². The maximum absolute atomic E-state index is 14.7. The number of aromatic amines is 2. The fraction of sp³-hybridized carbons (Fsp3) is 0. The third kappa shape index (κ3) is 3.41. The fourth-order valence-corrected chi connectivity index (χ4v) is 3.53. The summed E-state index contributed by atoms with van der Waals surface area (Å²) in [4.78, 5) is 31.6. The van der Waals surface area contributed by atoms with Gasteiger partial charge in [0.25, 0.3) is 5.91 Å². The molecule has 0 aliphatic carbocycles. The van der Waals surface area contributed by atoms with Gasteiger partial charge < -0.3 is 10.7 Å². The van der Waals surface area contributed by atoms with Gasteiger partial charge >= 0.3 is 0 Å². The normalized spacial score (nSPS) is 11.1. The summed E-state index contributed by atoms with van der Waals surface area (Å²) in [6.07, 6.45) is 2.92. The summed E-state index contributed by atoms with van der Waals surface area (Å²) in [5, 5.41) is 14.1. The van der Waals surface area contributed by atoms with Crippen LogP contribution in [0, 0.1) is 11.6 Å². The van der Waals surface area contributed by atoms with Gasteiger partial charge in [-0.1, -0.05) is 24.3 Å². The number of aromatic nitrogens is 6. The first kappa shape index (κ1) is 20.1. The van der Waals surface area contributed by atoms with Crippen LogP contribution >= 0.6 is 0 Å². The topological polar surface area (TPSA) is 143 Å². The van der Waals surface area contributed by atoms with Crippen LogP contribution in [0.4, 0.5) is 8.78 Å². The minimum atomic E-state index is -1.30. The number of fused-ring (bicyclic) bond motifs is 1. The first-order chi connectivity index (χ1) is 15.9. The zero-order chi connectivity index (χ0) is 23.1. The van der Waals surface area contributed by atoms with E-state index in [1.54, 1.807) is 24.4 Å². The number of nitrogens with one attached hydrogen (secondary N) is 2. The molecule has 11 heteroatoms. The fourth-order valence-electron chi connectivity index (χ4n) is 3.53. The molecule has 162 valence electrons. The van der Waals surface area contributed by atoms with Gasteiger partial charge in [-0.25, -0.2) is 13.8 Å². The van der Waals surface area contributed by atoms with Crippen molar-refractivity contribution in [2.45, 2.75) is 0 Å². The van der Waals surface area contributed by atoms with Crippen LogP contribution in [0.5, 0.6) is 0 Å². The Kier molecular flexibility index (Phi) is 4.70. The van der Waals surface area contributed by atoms with E-state index >= 15 is 0 Å². The summed E-state index contributed by atoms with van der Waals surface area (Å²) in [6.45, 7) is 0. The van der Waals surface area contributed by atoms with Crippen molar-refractivity contribution >= 4 is 22.7 Å². The van der Waals surface area contributed by atoms with Gasteiger partial charge in [0.05, 0.1) is 11.1 Å². The van der Waals surface area contributed by atoms with Crippen molar-refractivity contribution in [1.29, 1.82) is 0 Å². The molecule has 9 nitrogen and oxygen atoms in total. The zero-order valence-corrected chi connectivity index (χ0v) is 16.6. The van der Waals surface area contributed by atoms with Crippen LogP contribution < -0.4 is 5.73 Å². The van der Waals surface area contributed by atoms with Gasteiger partial charge in [0.1, 0.15) is 17.3 Å². The van der Waals surface area contributed by atoms with Crippen LogP contribution in [-0.2, 0) is 0 Å². The standard InChI is InChI=1S/C22H13F2N7O2/c23-16-6-5-13(20(25)33)18(24)17(16)19(32)15-9-27-22-14(15)7-12(8-26-22)10-1-3-11(4-2-10)21-28-30-31-29-21/h1-9H,(H2,25,33)(H,26,27)(H,28,29,30,31). The van der Waals surface area contributed by atoms with Crippen LogP contribution in [0.1, 0.15) is 26.3 Å². The number of nitrogens with zero attached hydrogens (tertiary/aromatic N) is 4. The number of ketones is 1. The molecule has 1 amide bonds. The average Bonchev–Trinajstić information content (AvgIpc) is 3.49. The van der Waals surface area contributed by atoms with Gasteiger partial charge in [-0.15, -0.1) is 10.2 Å². The molecule has 0 spiro atoms. The second-order valence-corrected chi connectivity index (χ2v) is 7.11. The van der Waals surface area contributed by atoms with Gasteiger partial charge in [0.2, 0.25) is 11.6 Å². The van der Waals surface area contributed by atoms with Gasteiger partial charge in [0.15, 0.2) is 0 Å². The highest BCUT2D eigenvalue weighted by molar-refractivity contribution is 6.17. The Bertz CT molecular complexity index is 1530. The molecule has 2 aromatic carbocycles. The lowest BCUT2D eigenvalue weighted by Crippen LogP contribution is -2.17. The number of H-pyrrole nitrogens is 2. The minimum absolute atomic E-state index is 0.00203. The third-order valence-corrected chi connectivity index (χ3v) is 5.18. The van der Waals surface area contributed by atoms with Gasteiger partial charge in [-0.3, -0.25) is 9.59 Å². The zero-order valence-electron chi connectivity index (χ0n) is 16.6. The lowest BCUT2D eigenvalue weighted by Gasteiger charge is -2.07. The summed E-state index contributed by atoms with van der Waals surface area (Å²) in [5.74, 6) is -4.00. The highest BCUT2D eigenvalue weighted by atomic mass is 19.1. The summed E-state index contributed by atoms with van der Waals surface area (Å²) >= 11 is 0. The Morgan fingerprint density at radius 2 is 1.70 bits per heavy atom. The number of primary amides is 1. The predicted octanol–water partition coefficient (Wildman–Crippen LogP) is 3.02. The monoisotopic (exact) mass is 445 g/mol. The molecule has 4 N–H and O–H groups in total. The molecule has 0 aliphatic rings. The molecule has 3 heterocycles. The number of hydrogen-bond acceptors (Lipinski definition) is 6. The predicted molar refractivity (Wildman–Crippen MR) is 113 cm³/mol. The third-order valence-electron chi connectivity index (χ3n) is 5.18. The van der Waals surface area contributed by atoms with E-state index in [2.05, 4.69) is 30.6 Å². The van der Waals surface area contributed by atoms with Crippen molar-refractivity contribution in [2.24, 2.45) is 5.73 Å². The second-order valence-electron chi connectivity index (χ2n) is 7.11. The number of carbonyl (C=O) groups excluding carboxylic acids is 2.